The van der Waals surface area contributed by atoms with Crippen molar-refractivity contribution in [2.75, 3.05) is 17.2 Å². The number of aromatic nitrogens is 1. The van der Waals surface area contributed by atoms with Gasteiger partial charge >= 0.3 is 0 Å². The Kier molecular flexibility index (Phi) is 3.82. The minimum absolute atomic E-state index is 0.00154. The van der Waals surface area contributed by atoms with Gasteiger partial charge in [-0.05, 0) is 36.4 Å². The summed E-state index contributed by atoms with van der Waals surface area (Å²) in [7, 11) is 0. The van der Waals surface area contributed by atoms with E-state index < -0.39 is 0 Å². The molecule has 0 radical (unpaired) electrons. The topological polar surface area (TPSA) is 83.2 Å². The van der Waals surface area contributed by atoms with E-state index in [4.69, 9.17) is 16.3 Å². The predicted octanol–water partition coefficient (Wildman–Crippen LogP) is 3.12. The first kappa shape index (κ1) is 15.5. The van der Waals surface area contributed by atoms with E-state index >= 15 is 0 Å². The zero-order chi connectivity index (χ0) is 17.4. The van der Waals surface area contributed by atoms with E-state index in [9.17, 15) is 9.59 Å². The Morgan fingerprint density at radius 3 is 2.88 bits per heavy atom. The zero-order valence-electron chi connectivity index (χ0n) is 13.1. The number of H-pyrrole nitrogens is 1. The van der Waals surface area contributed by atoms with Crippen LogP contribution in [0.15, 0.2) is 47.3 Å². The molecule has 1 aliphatic rings. The van der Waals surface area contributed by atoms with Gasteiger partial charge in [0.1, 0.15) is 5.75 Å². The van der Waals surface area contributed by atoms with Gasteiger partial charge in [0.25, 0.3) is 11.5 Å². The summed E-state index contributed by atoms with van der Waals surface area (Å²) in [6, 6.07) is 12.5. The Labute approximate surface area is 147 Å². The molecule has 0 spiro atoms. The summed E-state index contributed by atoms with van der Waals surface area (Å²) in [5.74, 6) is 0.429. The van der Waals surface area contributed by atoms with Gasteiger partial charge in [0.05, 0.1) is 5.69 Å². The molecule has 126 valence electrons. The van der Waals surface area contributed by atoms with Crippen LogP contribution in [0.1, 0.15) is 5.56 Å². The number of nitrogens with one attached hydrogen (secondary N) is 3. The summed E-state index contributed by atoms with van der Waals surface area (Å²) in [6.07, 6.45) is 0. The second kappa shape index (κ2) is 6.14. The highest BCUT2D eigenvalue weighted by atomic mass is 35.5. The van der Waals surface area contributed by atoms with Crippen LogP contribution in [0.3, 0.4) is 0 Å². The highest BCUT2D eigenvalue weighted by Crippen LogP contribution is 2.30. The van der Waals surface area contributed by atoms with Crippen LogP contribution >= 0.6 is 11.6 Å². The van der Waals surface area contributed by atoms with E-state index in [1.54, 1.807) is 24.3 Å². The van der Waals surface area contributed by atoms with Gasteiger partial charge in [0, 0.05) is 39.8 Å². The largest absolute Gasteiger partial charge is 0.482 e. The molecule has 6 nitrogen and oxygen atoms in total. The number of fused-ring (bicyclic) bond motifs is 2. The third kappa shape index (κ3) is 3.16. The molecule has 0 saturated heterocycles. The fourth-order valence-corrected chi connectivity index (χ4v) is 2.92. The average molecular weight is 356 g/mol. The first-order valence-corrected chi connectivity index (χ1v) is 8.08. The number of pyridine rings is 1. The SMILES string of the molecule is O=C1COc2cc(NCc3cc4cc(Cl)ccc4[nH]c3=O)ccc2N1. The normalized spacial score (nSPS) is 13.1. The van der Waals surface area contributed by atoms with E-state index in [1.807, 2.05) is 18.2 Å². The summed E-state index contributed by atoms with van der Waals surface area (Å²) < 4.78 is 5.39. The Morgan fingerprint density at radius 2 is 2.00 bits per heavy atom. The lowest BCUT2D eigenvalue weighted by atomic mass is 10.1. The maximum Gasteiger partial charge on any atom is 0.262 e. The molecule has 0 bridgehead atoms. The molecule has 0 saturated carbocycles. The number of anilines is 2. The first-order valence-electron chi connectivity index (χ1n) is 7.70. The van der Waals surface area contributed by atoms with Gasteiger partial charge < -0.3 is 20.4 Å². The second-order valence-corrected chi connectivity index (χ2v) is 6.19. The minimum Gasteiger partial charge on any atom is -0.482 e. The van der Waals surface area contributed by atoms with Crippen LogP contribution in [0.4, 0.5) is 11.4 Å². The number of benzene rings is 2. The molecule has 0 aliphatic carbocycles. The standard InChI is InChI=1S/C18H14ClN3O3/c19-12-1-3-14-10(6-12)5-11(18(24)22-14)8-20-13-2-4-15-16(7-13)25-9-17(23)21-15/h1-7,20H,8-9H2,(H,21,23)(H,22,24). The van der Waals surface area contributed by atoms with Crippen molar-refractivity contribution in [3.63, 3.8) is 0 Å². The summed E-state index contributed by atoms with van der Waals surface area (Å²) in [5, 5.41) is 7.43. The first-order chi connectivity index (χ1) is 12.1. The highest BCUT2D eigenvalue weighted by Gasteiger charge is 2.15. The number of aromatic amines is 1. The number of hydrogen-bond acceptors (Lipinski definition) is 4. The number of hydrogen-bond donors (Lipinski definition) is 3. The smallest absolute Gasteiger partial charge is 0.262 e. The maximum atomic E-state index is 12.2. The molecular weight excluding hydrogens is 342 g/mol. The molecule has 7 heteroatoms. The van der Waals surface area contributed by atoms with Crippen molar-refractivity contribution in [2.45, 2.75) is 6.54 Å². The Bertz CT molecular complexity index is 1050. The van der Waals surface area contributed by atoms with Crippen molar-refractivity contribution in [1.29, 1.82) is 0 Å². The van der Waals surface area contributed by atoms with E-state index in [0.717, 1.165) is 16.6 Å². The van der Waals surface area contributed by atoms with Gasteiger partial charge in [-0.25, -0.2) is 0 Å². The third-order valence-electron chi connectivity index (χ3n) is 3.98. The van der Waals surface area contributed by atoms with Crippen molar-refractivity contribution in [2.24, 2.45) is 0 Å². The van der Waals surface area contributed by atoms with Gasteiger partial charge in [-0.2, -0.15) is 0 Å². The number of amides is 1. The number of ether oxygens (including phenoxy) is 1. The molecule has 25 heavy (non-hydrogen) atoms. The lowest BCUT2D eigenvalue weighted by Gasteiger charge is -2.18. The van der Waals surface area contributed by atoms with Gasteiger partial charge in [0.15, 0.2) is 6.61 Å². The van der Waals surface area contributed by atoms with Crippen LogP contribution in [0.5, 0.6) is 5.75 Å². The van der Waals surface area contributed by atoms with Crippen LogP contribution in [0.25, 0.3) is 10.9 Å². The Morgan fingerprint density at radius 1 is 1.12 bits per heavy atom. The Balaban J connectivity index is 1.57. The fraction of sp³-hybridized carbons (Fsp3) is 0.111. The van der Waals surface area contributed by atoms with E-state index in [-0.39, 0.29) is 18.1 Å². The predicted molar refractivity (Wildman–Crippen MR) is 97.5 cm³/mol. The zero-order valence-corrected chi connectivity index (χ0v) is 13.8. The number of carbonyl (C=O) groups excluding carboxylic acids is 1. The van der Waals surface area contributed by atoms with Gasteiger partial charge in [-0.3, -0.25) is 9.59 Å². The monoisotopic (exact) mass is 355 g/mol. The van der Waals surface area contributed by atoms with Crippen molar-refractivity contribution in [3.05, 3.63) is 63.4 Å². The Hall–Kier alpha value is -2.99. The van der Waals surface area contributed by atoms with E-state index in [2.05, 4.69) is 15.6 Å². The quantitative estimate of drug-likeness (QED) is 0.674. The van der Waals surface area contributed by atoms with Crippen LogP contribution in [0, 0.1) is 0 Å². The lowest BCUT2D eigenvalue weighted by molar-refractivity contribution is -0.118. The maximum absolute atomic E-state index is 12.2. The summed E-state index contributed by atoms with van der Waals surface area (Å²) in [6.45, 7) is 0.352. The number of carbonyl (C=O) groups is 1. The van der Waals surface area contributed by atoms with Crippen molar-refractivity contribution >= 4 is 39.8 Å². The minimum atomic E-state index is -0.172. The molecule has 4 rings (SSSR count). The highest BCUT2D eigenvalue weighted by molar-refractivity contribution is 6.31. The van der Waals surface area contributed by atoms with Crippen LogP contribution in [0.2, 0.25) is 5.02 Å². The number of halogens is 1. The molecule has 2 aromatic carbocycles. The average Bonchev–Trinajstić information content (AvgIpc) is 2.60. The van der Waals surface area contributed by atoms with Crippen LogP contribution < -0.4 is 20.9 Å². The summed E-state index contributed by atoms with van der Waals surface area (Å²) >= 11 is 6.01. The molecule has 2 heterocycles. The molecule has 0 unspecified atom stereocenters. The number of rotatable bonds is 3. The van der Waals surface area contributed by atoms with Gasteiger partial charge in [-0.1, -0.05) is 11.6 Å². The van der Waals surface area contributed by atoms with Crippen LogP contribution in [-0.2, 0) is 11.3 Å². The second-order valence-electron chi connectivity index (χ2n) is 5.76. The molecule has 1 aromatic heterocycles. The molecule has 0 fully saturated rings. The van der Waals surface area contributed by atoms with Crippen molar-refractivity contribution in [1.82, 2.24) is 4.98 Å². The molecule has 1 amide bonds. The van der Waals surface area contributed by atoms with Crippen LogP contribution in [-0.4, -0.2) is 17.5 Å². The molecule has 1 aliphatic heterocycles. The van der Waals surface area contributed by atoms with Gasteiger partial charge in [-0.15, -0.1) is 0 Å². The molecule has 0 atom stereocenters. The third-order valence-corrected chi connectivity index (χ3v) is 4.22. The summed E-state index contributed by atoms with van der Waals surface area (Å²) in [5.41, 5.74) is 2.63. The fourth-order valence-electron chi connectivity index (χ4n) is 2.74. The van der Waals surface area contributed by atoms with E-state index in [0.29, 0.717) is 28.6 Å². The summed E-state index contributed by atoms with van der Waals surface area (Å²) in [4.78, 5) is 26.3. The van der Waals surface area contributed by atoms with Crippen molar-refractivity contribution in [3.8, 4) is 5.75 Å². The van der Waals surface area contributed by atoms with E-state index in [1.165, 1.54) is 0 Å². The van der Waals surface area contributed by atoms with Gasteiger partial charge in [0.2, 0.25) is 0 Å². The molecule has 3 aromatic rings. The molecule has 3 N–H and O–H groups in total. The van der Waals surface area contributed by atoms with Crippen molar-refractivity contribution < 1.29 is 9.53 Å². The lowest BCUT2D eigenvalue weighted by Crippen LogP contribution is -2.25. The molecular formula is C18H14ClN3O3.